The number of ether oxygens (including phenoxy) is 1. The molecule has 5 aliphatic rings. The van der Waals surface area contributed by atoms with Gasteiger partial charge in [-0.3, -0.25) is 9.91 Å². The number of nitrogens with zero attached hydrogens (tertiary/aromatic N) is 5. The molecule has 0 aromatic heterocycles. The van der Waals surface area contributed by atoms with E-state index in [-0.39, 0.29) is 6.03 Å². The molecule has 3 atom stereocenters. The Morgan fingerprint density at radius 1 is 0.778 bits per heavy atom. The third-order valence-corrected chi connectivity index (χ3v) is 10.9. The summed E-state index contributed by atoms with van der Waals surface area (Å²) in [6.07, 6.45) is 9.71. The molecule has 1 aliphatic carbocycles. The largest absolute Gasteiger partial charge is 0.377 e. The van der Waals surface area contributed by atoms with Gasteiger partial charge in [0.05, 0.1) is 30.5 Å². The molecule has 4 aliphatic heterocycles. The van der Waals surface area contributed by atoms with Gasteiger partial charge in [-0.05, 0) is 88.4 Å². The van der Waals surface area contributed by atoms with Crippen LogP contribution in [0.15, 0.2) is 66.0 Å². The summed E-state index contributed by atoms with van der Waals surface area (Å²) in [5, 5.41) is 12.1. The molecule has 0 spiro atoms. The lowest BCUT2D eigenvalue weighted by Crippen LogP contribution is -2.47. The van der Waals surface area contributed by atoms with E-state index >= 15 is 0 Å². The highest BCUT2D eigenvalue weighted by atomic mass is 32.2. The first-order valence-electron chi connectivity index (χ1n) is 16.7. The molecule has 2 aromatic rings. The molecule has 0 bridgehead atoms. The first-order valence-corrected chi connectivity index (χ1v) is 17.5. The van der Waals surface area contributed by atoms with E-state index in [0.29, 0.717) is 18.1 Å². The van der Waals surface area contributed by atoms with Crippen molar-refractivity contribution in [3.8, 4) is 0 Å². The van der Waals surface area contributed by atoms with Crippen LogP contribution in [0.25, 0.3) is 4.91 Å². The summed E-state index contributed by atoms with van der Waals surface area (Å²) < 4.78 is 5.74. The van der Waals surface area contributed by atoms with Gasteiger partial charge >= 0.3 is 6.03 Å². The number of rotatable bonds is 7. The van der Waals surface area contributed by atoms with E-state index < -0.39 is 0 Å². The fourth-order valence-corrected chi connectivity index (χ4v) is 8.27. The molecule has 2 N–H and O–H groups in total. The third-order valence-electron chi connectivity index (χ3n) is 9.82. The minimum absolute atomic E-state index is 0.241. The van der Waals surface area contributed by atoms with Crippen LogP contribution in [-0.4, -0.2) is 96.0 Å². The summed E-state index contributed by atoms with van der Waals surface area (Å²) in [6, 6.07) is 18.3. The molecule has 2 aromatic carbocycles. The quantitative estimate of drug-likeness (QED) is 0.372. The first kappa shape index (κ1) is 30.5. The molecule has 9 nitrogen and oxygen atoms in total. The Hall–Kier alpha value is -3.18. The lowest BCUT2D eigenvalue weighted by molar-refractivity contribution is 0.00963. The summed E-state index contributed by atoms with van der Waals surface area (Å²) in [5.74, 6) is 0. The second-order valence-corrected chi connectivity index (χ2v) is 14.2. The van der Waals surface area contributed by atoms with Gasteiger partial charge in [-0.2, -0.15) is 0 Å². The van der Waals surface area contributed by atoms with Gasteiger partial charge in [-0.15, -0.1) is 0 Å². The number of hydrogen-bond acceptors (Lipinski definition) is 8. The van der Waals surface area contributed by atoms with Gasteiger partial charge in [-0.25, -0.2) is 9.80 Å². The monoisotopic (exact) mass is 629 g/mol. The van der Waals surface area contributed by atoms with E-state index in [0.717, 1.165) is 68.9 Å². The van der Waals surface area contributed by atoms with Crippen molar-refractivity contribution < 1.29 is 9.53 Å². The molecule has 10 heteroatoms. The van der Waals surface area contributed by atoms with Crippen LogP contribution in [0.4, 0.5) is 21.9 Å². The maximum atomic E-state index is 12.9. The molecule has 4 fully saturated rings. The molecule has 3 saturated heterocycles. The lowest BCUT2D eigenvalue weighted by atomic mass is 10.2. The van der Waals surface area contributed by atoms with Crippen molar-refractivity contribution in [3.63, 3.8) is 0 Å². The smallest absolute Gasteiger partial charge is 0.323 e. The predicted molar refractivity (Wildman–Crippen MR) is 185 cm³/mol. The molecule has 1 saturated carbocycles. The summed E-state index contributed by atoms with van der Waals surface area (Å²) in [4.78, 5) is 21.6. The fourth-order valence-electron chi connectivity index (χ4n) is 7.08. The number of carbonyl (C=O) groups excluding carboxylic acids is 1. The van der Waals surface area contributed by atoms with E-state index in [4.69, 9.17) is 4.74 Å². The number of urea groups is 1. The van der Waals surface area contributed by atoms with Crippen LogP contribution in [0.1, 0.15) is 52.0 Å². The summed E-state index contributed by atoms with van der Waals surface area (Å²) >= 11 is 1.82. The van der Waals surface area contributed by atoms with E-state index in [9.17, 15) is 4.79 Å². The van der Waals surface area contributed by atoms with E-state index in [1.807, 2.05) is 36.0 Å². The molecule has 4 heterocycles. The third kappa shape index (κ3) is 6.99. The Labute approximate surface area is 272 Å². The Morgan fingerprint density at radius 2 is 1.42 bits per heavy atom. The number of carbonyl (C=O) groups is 1. The molecular weight excluding hydrogens is 582 g/mol. The number of nitrogens with one attached hydrogen (secondary N) is 2. The Balaban J connectivity index is 0.982. The second kappa shape index (κ2) is 13.3. The van der Waals surface area contributed by atoms with Gasteiger partial charge in [0.2, 0.25) is 0 Å². The van der Waals surface area contributed by atoms with E-state index in [1.165, 1.54) is 41.3 Å². The normalized spacial score (nSPS) is 26.5. The second-order valence-electron chi connectivity index (χ2n) is 13.2. The summed E-state index contributed by atoms with van der Waals surface area (Å²) in [7, 11) is 0. The molecule has 45 heavy (non-hydrogen) atoms. The number of hydrazine groups is 1. The lowest BCUT2D eigenvalue weighted by Gasteiger charge is -2.42. The van der Waals surface area contributed by atoms with Gasteiger partial charge in [0, 0.05) is 79.0 Å². The minimum atomic E-state index is -0.241. The molecular formula is C35H47N7O2S. The van der Waals surface area contributed by atoms with Crippen LogP contribution in [0, 0.1) is 0 Å². The number of benzene rings is 2. The maximum absolute atomic E-state index is 12.9. The predicted octanol–water partition coefficient (Wildman–Crippen LogP) is 6.27. The highest BCUT2D eigenvalue weighted by Gasteiger charge is 2.34. The number of hydrogen-bond donors (Lipinski definition) is 2. The highest BCUT2D eigenvalue weighted by Crippen LogP contribution is 2.42. The van der Waals surface area contributed by atoms with Crippen LogP contribution in [0.5, 0.6) is 0 Å². The van der Waals surface area contributed by atoms with Crippen molar-refractivity contribution in [1.29, 1.82) is 0 Å². The van der Waals surface area contributed by atoms with Crippen LogP contribution in [0.3, 0.4) is 0 Å². The Kier molecular flexibility index (Phi) is 8.99. The summed E-state index contributed by atoms with van der Waals surface area (Å²) in [5.41, 5.74) is 3.90. The van der Waals surface area contributed by atoms with Crippen molar-refractivity contribution in [2.45, 2.75) is 70.6 Å². The number of anilines is 3. The SMILES string of the molecule is C[C@@H]1COCCN1C1=CN(N2[C@H](C)CC[C@@H]2C)C=C(c2ccc(NC(=O)Nc3ccc(N4CCN(C5CC5)CC4)cc3)cc2)S1. The van der Waals surface area contributed by atoms with Gasteiger partial charge in [0.1, 0.15) is 0 Å². The van der Waals surface area contributed by atoms with Crippen molar-refractivity contribution in [1.82, 2.24) is 19.8 Å². The standard InChI is InChI=1S/C35H47N7O2S/c1-25-4-5-26(2)42(25)40-22-33(45-34(23-40)41-20-21-44-24-27(41)3)28-6-8-29(9-7-28)36-35(43)37-30-10-12-31(13-11-30)38-16-18-39(19-17-38)32-14-15-32/h6-13,22-23,25-27,32H,4-5,14-21,24H2,1-3H3,(H2,36,37,43)/t25-,26+,27-/m1/s1. The number of amides is 2. The van der Waals surface area contributed by atoms with Crippen molar-refractivity contribution >= 4 is 39.8 Å². The topological polar surface area (TPSA) is 66.6 Å². The summed E-state index contributed by atoms with van der Waals surface area (Å²) in [6.45, 7) is 13.7. The molecule has 0 unspecified atom stereocenters. The van der Waals surface area contributed by atoms with Crippen molar-refractivity contribution in [3.05, 3.63) is 71.5 Å². The van der Waals surface area contributed by atoms with Crippen LogP contribution >= 0.6 is 11.8 Å². The average molecular weight is 630 g/mol. The minimum Gasteiger partial charge on any atom is -0.377 e. The molecule has 2 amide bonds. The van der Waals surface area contributed by atoms with Crippen LogP contribution in [-0.2, 0) is 4.74 Å². The van der Waals surface area contributed by atoms with Crippen molar-refractivity contribution in [2.24, 2.45) is 0 Å². The molecule has 0 radical (unpaired) electrons. The van der Waals surface area contributed by atoms with Crippen LogP contribution < -0.4 is 15.5 Å². The van der Waals surface area contributed by atoms with Gasteiger partial charge in [0.15, 0.2) is 0 Å². The Morgan fingerprint density at radius 3 is 2.04 bits per heavy atom. The maximum Gasteiger partial charge on any atom is 0.323 e. The highest BCUT2D eigenvalue weighted by molar-refractivity contribution is 8.11. The Bertz CT molecular complexity index is 1390. The molecule has 240 valence electrons. The fraction of sp³-hybridized carbons (Fsp3) is 0.514. The van der Waals surface area contributed by atoms with E-state index in [2.05, 4.69) is 92.8 Å². The average Bonchev–Trinajstić information content (AvgIpc) is 3.85. The zero-order valence-corrected chi connectivity index (χ0v) is 27.6. The van der Waals surface area contributed by atoms with Gasteiger partial charge in [0.25, 0.3) is 0 Å². The number of morpholine rings is 1. The molecule has 7 rings (SSSR count). The first-order chi connectivity index (χ1) is 21.9. The van der Waals surface area contributed by atoms with Gasteiger partial charge < -0.3 is 25.2 Å². The van der Waals surface area contributed by atoms with E-state index in [1.54, 1.807) is 0 Å². The van der Waals surface area contributed by atoms with Gasteiger partial charge in [-0.1, -0.05) is 23.9 Å². The van der Waals surface area contributed by atoms with Crippen molar-refractivity contribution in [2.75, 3.05) is 61.5 Å². The number of thioether (sulfide) groups is 1. The number of piperazine rings is 1. The van der Waals surface area contributed by atoms with Crippen LogP contribution in [0.2, 0.25) is 0 Å². The zero-order chi connectivity index (χ0) is 30.9. The zero-order valence-electron chi connectivity index (χ0n) is 26.8.